The number of aromatic nitrogens is 1. The summed E-state index contributed by atoms with van der Waals surface area (Å²) in [4.78, 5) is 17.6. The summed E-state index contributed by atoms with van der Waals surface area (Å²) >= 11 is 0. The number of furan rings is 1. The van der Waals surface area contributed by atoms with Crippen molar-refractivity contribution in [2.75, 3.05) is 11.9 Å². The second-order valence-corrected chi connectivity index (χ2v) is 3.77. The lowest BCUT2D eigenvalue weighted by molar-refractivity contribution is 0.207. The first-order valence-corrected chi connectivity index (χ1v) is 5.78. The molecule has 0 aliphatic rings. The van der Waals surface area contributed by atoms with Gasteiger partial charge in [-0.25, -0.2) is 4.79 Å². The molecule has 0 atom stereocenters. The molecule has 0 saturated carbocycles. The van der Waals surface area contributed by atoms with Crippen molar-refractivity contribution in [3.05, 3.63) is 48.7 Å². The van der Waals surface area contributed by atoms with E-state index in [1.807, 2.05) is 19.1 Å². The van der Waals surface area contributed by atoms with Crippen molar-refractivity contribution in [1.82, 2.24) is 9.88 Å². The molecule has 0 bridgehead atoms. The highest BCUT2D eigenvalue weighted by atomic mass is 16.3. The van der Waals surface area contributed by atoms with Crippen LogP contribution in [0, 0.1) is 0 Å². The Morgan fingerprint density at radius 1 is 1.44 bits per heavy atom. The van der Waals surface area contributed by atoms with Gasteiger partial charge in [-0.3, -0.25) is 4.98 Å². The van der Waals surface area contributed by atoms with Gasteiger partial charge in [0, 0.05) is 12.7 Å². The predicted octanol–water partition coefficient (Wildman–Crippen LogP) is 2.73. The van der Waals surface area contributed by atoms with Crippen molar-refractivity contribution >= 4 is 11.7 Å². The maximum absolute atomic E-state index is 12.0. The Balaban J connectivity index is 1.98. The molecule has 94 valence electrons. The van der Waals surface area contributed by atoms with E-state index in [0.29, 0.717) is 18.8 Å². The minimum Gasteiger partial charge on any atom is -0.467 e. The lowest BCUT2D eigenvalue weighted by Gasteiger charge is -2.20. The molecule has 2 rings (SSSR count). The fourth-order valence-electron chi connectivity index (χ4n) is 1.56. The minimum absolute atomic E-state index is 0.165. The third-order valence-electron chi connectivity index (χ3n) is 2.51. The average Bonchev–Trinajstić information content (AvgIpc) is 2.90. The summed E-state index contributed by atoms with van der Waals surface area (Å²) < 4.78 is 5.23. The maximum atomic E-state index is 12.0. The van der Waals surface area contributed by atoms with E-state index in [1.165, 1.54) is 0 Å². The van der Waals surface area contributed by atoms with Crippen LogP contribution < -0.4 is 5.32 Å². The number of anilines is 1. The zero-order chi connectivity index (χ0) is 12.8. The Labute approximate surface area is 105 Å². The van der Waals surface area contributed by atoms with Crippen molar-refractivity contribution in [1.29, 1.82) is 0 Å². The Bertz CT molecular complexity index is 482. The molecule has 0 spiro atoms. The highest BCUT2D eigenvalue weighted by Gasteiger charge is 2.13. The molecule has 0 aliphatic carbocycles. The lowest BCUT2D eigenvalue weighted by Crippen LogP contribution is -2.34. The largest absolute Gasteiger partial charge is 0.467 e. The summed E-state index contributed by atoms with van der Waals surface area (Å²) in [7, 11) is 0. The fourth-order valence-corrected chi connectivity index (χ4v) is 1.56. The second-order valence-electron chi connectivity index (χ2n) is 3.77. The standard InChI is InChI=1S/C13H15N3O2/c1-2-16(10-12-6-4-8-18-12)13(17)15-11-5-3-7-14-9-11/h3-9H,2,10H2,1H3,(H,15,17). The Morgan fingerprint density at radius 2 is 2.33 bits per heavy atom. The van der Waals surface area contributed by atoms with Crippen molar-refractivity contribution in [2.45, 2.75) is 13.5 Å². The van der Waals surface area contributed by atoms with Gasteiger partial charge in [0.15, 0.2) is 0 Å². The Kier molecular flexibility index (Phi) is 3.96. The quantitative estimate of drug-likeness (QED) is 0.901. The van der Waals surface area contributed by atoms with Gasteiger partial charge in [0.1, 0.15) is 5.76 Å². The summed E-state index contributed by atoms with van der Waals surface area (Å²) in [5.74, 6) is 0.762. The first-order valence-electron chi connectivity index (χ1n) is 5.78. The van der Waals surface area contributed by atoms with E-state index in [-0.39, 0.29) is 6.03 Å². The van der Waals surface area contributed by atoms with Crippen LogP contribution in [-0.4, -0.2) is 22.5 Å². The molecule has 0 radical (unpaired) electrons. The molecule has 0 saturated heterocycles. The summed E-state index contributed by atoms with van der Waals surface area (Å²) in [6, 6.07) is 7.06. The molecule has 5 heteroatoms. The number of pyridine rings is 1. The molecule has 2 heterocycles. The summed E-state index contributed by atoms with van der Waals surface area (Å²) in [5, 5.41) is 2.79. The molecule has 2 aromatic rings. The molecule has 0 unspecified atom stereocenters. The molecule has 0 aromatic carbocycles. The Morgan fingerprint density at radius 3 is 2.94 bits per heavy atom. The molecule has 2 aromatic heterocycles. The van der Waals surface area contributed by atoms with Crippen LogP contribution in [0.2, 0.25) is 0 Å². The first-order chi connectivity index (χ1) is 8.79. The van der Waals surface area contributed by atoms with E-state index in [4.69, 9.17) is 4.42 Å². The average molecular weight is 245 g/mol. The zero-order valence-electron chi connectivity index (χ0n) is 10.2. The predicted molar refractivity (Wildman–Crippen MR) is 68.0 cm³/mol. The van der Waals surface area contributed by atoms with E-state index in [9.17, 15) is 4.79 Å². The number of amides is 2. The van der Waals surface area contributed by atoms with E-state index in [2.05, 4.69) is 10.3 Å². The first kappa shape index (κ1) is 12.2. The SMILES string of the molecule is CCN(Cc1ccco1)C(=O)Nc1cccnc1. The molecular weight excluding hydrogens is 230 g/mol. The van der Waals surface area contributed by atoms with Crippen LogP contribution in [0.1, 0.15) is 12.7 Å². The number of rotatable bonds is 4. The van der Waals surface area contributed by atoms with Gasteiger partial charge in [0.25, 0.3) is 0 Å². The van der Waals surface area contributed by atoms with Gasteiger partial charge in [-0.15, -0.1) is 0 Å². The third-order valence-corrected chi connectivity index (χ3v) is 2.51. The van der Waals surface area contributed by atoms with Gasteiger partial charge < -0.3 is 14.6 Å². The van der Waals surface area contributed by atoms with E-state index in [0.717, 1.165) is 5.76 Å². The number of nitrogens with one attached hydrogen (secondary N) is 1. The molecule has 2 amide bonds. The van der Waals surface area contributed by atoms with Gasteiger partial charge in [0.2, 0.25) is 0 Å². The van der Waals surface area contributed by atoms with Gasteiger partial charge in [-0.05, 0) is 31.2 Å². The highest BCUT2D eigenvalue weighted by molar-refractivity contribution is 5.88. The van der Waals surface area contributed by atoms with Crippen LogP contribution in [-0.2, 0) is 6.54 Å². The highest BCUT2D eigenvalue weighted by Crippen LogP contribution is 2.09. The third kappa shape index (κ3) is 3.10. The number of hydrogen-bond acceptors (Lipinski definition) is 3. The van der Waals surface area contributed by atoms with E-state index >= 15 is 0 Å². The monoisotopic (exact) mass is 245 g/mol. The second kappa shape index (κ2) is 5.86. The number of carbonyl (C=O) groups excluding carboxylic acids is 1. The van der Waals surface area contributed by atoms with Crippen LogP contribution in [0.25, 0.3) is 0 Å². The Hall–Kier alpha value is -2.30. The van der Waals surface area contributed by atoms with Crippen molar-refractivity contribution < 1.29 is 9.21 Å². The summed E-state index contributed by atoms with van der Waals surface area (Å²) in [6.07, 6.45) is 4.87. The summed E-state index contributed by atoms with van der Waals surface area (Å²) in [5.41, 5.74) is 0.681. The van der Waals surface area contributed by atoms with Gasteiger partial charge in [-0.2, -0.15) is 0 Å². The van der Waals surface area contributed by atoms with E-state index in [1.54, 1.807) is 35.7 Å². The van der Waals surface area contributed by atoms with Gasteiger partial charge in [-0.1, -0.05) is 0 Å². The van der Waals surface area contributed by atoms with Gasteiger partial charge >= 0.3 is 6.03 Å². The number of carbonyl (C=O) groups is 1. The number of hydrogen-bond donors (Lipinski definition) is 1. The smallest absolute Gasteiger partial charge is 0.322 e. The normalized spacial score (nSPS) is 10.1. The van der Waals surface area contributed by atoms with E-state index < -0.39 is 0 Å². The molecule has 0 aliphatic heterocycles. The molecular formula is C13H15N3O2. The van der Waals surface area contributed by atoms with Gasteiger partial charge in [0.05, 0.1) is 24.7 Å². The fraction of sp³-hybridized carbons (Fsp3) is 0.231. The maximum Gasteiger partial charge on any atom is 0.322 e. The molecule has 5 nitrogen and oxygen atoms in total. The van der Waals surface area contributed by atoms with Crippen LogP contribution in [0.5, 0.6) is 0 Å². The number of nitrogens with zero attached hydrogens (tertiary/aromatic N) is 2. The molecule has 1 N–H and O–H groups in total. The molecule has 0 fully saturated rings. The van der Waals surface area contributed by atoms with Crippen molar-refractivity contribution in [3.8, 4) is 0 Å². The zero-order valence-corrected chi connectivity index (χ0v) is 10.2. The van der Waals surface area contributed by atoms with Crippen LogP contribution in [0.15, 0.2) is 47.3 Å². The van der Waals surface area contributed by atoms with Crippen LogP contribution in [0.3, 0.4) is 0 Å². The summed E-state index contributed by atoms with van der Waals surface area (Å²) in [6.45, 7) is 2.98. The number of urea groups is 1. The molecule has 18 heavy (non-hydrogen) atoms. The van der Waals surface area contributed by atoms with Crippen LogP contribution in [0.4, 0.5) is 10.5 Å². The lowest BCUT2D eigenvalue weighted by atomic mass is 10.4. The van der Waals surface area contributed by atoms with Crippen molar-refractivity contribution in [3.63, 3.8) is 0 Å². The van der Waals surface area contributed by atoms with Crippen molar-refractivity contribution in [2.24, 2.45) is 0 Å². The van der Waals surface area contributed by atoms with Crippen LogP contribution >= 0.6 is 0 Å². The topological polar surface area (TPSA) is 58.4 Å². The minimum atomic E-state index is -0.165.